The molecule has 0 amide bonds. The third-order valence-corrected chi connectivity index (χ3v) is 6.01. The number of carbonyl (C=O) groups is 1. The second kappa shape index (κ2) is 5.74. The van der Waals surface area contributed by atoms with Gasteiger partial charge in [0.1, 0.15) is 11.5 Å². The van der Waals surface area contributed by atoms with Crippen LogP contribution in [0.15, 0.2) is 36.4 Å². The zero-order valence-corrected chi connectivity index (χ0v) is 14.5. The Morgan fingerprint density at radius 1 is 1.12 bits per heavy atom. The number of hydrogen-bond acceptors (Lipinski definition) is 5. The number of Topliss-reactive ketones (excluding diaryl/α,β-unsaturated/α-hetero) is 1. The third-order valence-electron chi connectivity index (χ3n) is 6.01. The quantitative estimate of drug-likeness (QED) is 0.899. The van der Waals surface area contributed by atoms with E-state index in [-0.39, 0.29) is 30.3 Å². The van der Waals surface area contributed by atoms with Crippen molar-refractivity contribution in [2.24, 2.45) is 11.8 Å². The van der Waals surface area contributed by atoms with Gasteiger partial charge in [-0.3, -0.25) is 4.79 Å². The van der Waals surface area contributed by atoms with Crippen molar-refractivity contribution in [3.63, 3.8) is 0 Å². The van der Waals surface area contributed by atoms with Gasteiger partial charge in [0.15, 0.2) is 11.5 Å². The molecule has 1 heterocycles. The van der Waals surface area contributed by atoms with Crippen LogP contribution in [0.3, 0.4) is 0 Å². The van der Waals surface area contributed by atoms with E-state index in [0.29, 0.717) is 17.9 Å². The number of ether oxygens (including phenoxy) is 3. The van der Waals surface area contributed by atoms with E-state index in [0.717, 1.165) is 28.9 Å². The lowest BCUT2D eigenvalue weighted by molar-refractivity contribution is -0.122. The first-order chi connectivity index (χ1) is 12.7. The van der Waals surface area contributed by atoms with Crippen LogP contribution in [0.5, 0.6) is 17.2 Å². The minimum Gasteiger partial charge on any atom is -0.497 e. The highest BCUT2D eigenvalue weighted by Gasteiger charge is 2.50. The molecule has 0 radical (unpaired) electrons. The monoisotopic (exact) mass is 352 g/mol. The van der Waals surface area contributed by atoms with Crippen LogP contribution in [-0.4, -0.2) is 24.8 Å². The van der Waals surface area contributed by atoms with E-state index >= 15 is 0 Å². The number of fused-ring (bicyclic) bond motifs is 3. The standard InChI is InChI=1S/C21H20O5/c1-24-12-4-2-3-11(7-12)19-14-8-17-18(26-10-25-17)9-15(14)21(23)13-5-6-16(22)20(13)19/h2-4,7-9,13,19-21,23H,5-6,10H2,1H3/t13-,19+,20-,21+/m0/s1. The van der Waals surface area contributed by atoms with Crippen molar-refractivity contribution in [2.75, 3.05) is 13.9 Å². The number of benzene rings is 2. The summed E-state index contributed by atoms with van der Waals surface area (Å²) in [7, 11) is 1.64. The van der Waals surface area contributed by atoms with E-state index in [9.17, 15) is 9.90 Å². The van der Waals surface area contributed by atoms with Crippen LogP contribution in [0.25, 0.3) is 0 Å². The molecule has 2 aliphatic carbocycles. The minimum absolute atomic E-state index is 0.0634. The number of methoxy groups -OCH3 is 1. The molecule has 0 saturated heterocycles. The molecule has 0 unspecified atom stereocenters. The highest BCUT2D eigenvalue weighted by molar-refractivity contribution is 5.86. The van der Waals surface area contributed by atoms with Gasteiger partial charge in [0, 0.05) is 24.2 Å². The van der Waals surface area contributed by atoms with Crippen molar-refractivity contribution < 1.29 is 24.1 Å². The summed E-state index contributed by atoms with van der Waals surface area (Å²) in [6.45, 7) is 0.184. The van der Waals surface area contributed by atoms with E-state index < -0.39 is 6.10 Å². The molecule has 1 saturated carbocycles. The SMILES string of the molecule is COc1cccc([C@@H]2c3cc4c(cc3[C@H](O)[C@H]3CCC(=O)[C@@H]23)OCO4)c1. The number of carbonyl (C=O) groups excluding carboxylic acids is 1. The van der Waals surface area contributed by atoms with E-state index in [1.54, 1.807) is 7.11 Å². The summed E-state index contributed by atoms with van der Waals surface area (Å²) in [6.07, 6.45) is 0.588. The maximum atomic E-state index is 12.7. The number of ketones is 1. The Hall–Kier alpha value is -2.53. The second-order valence-electron chi connectivity index (χ2n) is 7.23. The molecule has 2 aromatic rings. The summed E-state index contributed by atoms with van der Waals surface area (Å²) >= 11 is 0. The Balaban J connectivity index is 1.73. The molecule has 0 bridgehead atoms. The fourth-order valence-electron chi connectivity index (χ4n) is 4.83. The number of hydrogen-bond donors (Lipinski definition) is 1. The predicted molar refractivity (Wildman–Crippen MR) is 93.6 cm³/mol. The van der Waals surface area contributed by atoms with Crippen LogP contribution < -0.4 is 14.2 Å². The molecule has 0 spiro atoms. The van der Waals surface area contributed by atoms with Gasteiger partial charge in [-0.15, -0.1) is 0 Å². The molecule has 5 heteroatoms. The van der Waals surface area contributed by atoms with Gasteiger partial charge in [0.05, 0.1) is 13.2 Å². The molecule has 1 aliphatic heterocycles. The third kappa shape index (κ3) is 2.16. The lowest BCUT2D eigenvalue weighted by Crippen LogP contribution is -2.33. The smallest absolute Gasteiger partial charge is 0.231 e. The molecule has 5 rings (SSSR count). The largest absolute Gasteiger partial charge is 0.497 e. The van der Waals surface area contributed by atoms with Crippen molar-refractivity contribution in [1.29, 1.82) is 0 Å². The average Bonchev–Trinajstić information content (AvgIpc) is 3.28. The zero-order chi connectivity index (χ0) is 17.8. The number of rotatable bonds is 2. The molecular weight excluding hydrogens is 332 g/mol. The fourth-order valence-corrected chi connectivity index (χ4v) is 4.83. The molecule has 3 aliphatic rings. The van der Waals surface area contributed by atoms with Crippen LogP contribution in [0.1, 0.15) is 41.6 Å². The van der Waals surface area contributed by atoms with Gasteiger partial charge in [-0.1, -0.05) is 12.1 Å². The highest BCUT2D eigenvalue weighted by atomic mass is 16.7. The Morgan fingerprint density at radius 2 is 1.88 bits per heavy atom. The molecule has 4 atom stereocenters. The molecule has 5 nitrogen and oxygen atoms in total. The van der Waals surface area contributed by atoms with Gasteiger partial charge >= 0.3 is 0 Å². The van der Waals surface area contributed by atoms with Gasteiger partial charge in [-0.05, 0) is 47.4 Å². The maximum absolute atomic E-state index is 12.7. The van der Waals surface area contributed by atoms with Crippen molar-refractivity contribution in [3.05, 3.63) is 53.1 Å². The molecule has 1 N–H and O–H groups in total. The van der Waals surface area contributed by atoms with Crippen LogP contribution >= 0.6 is 0 Å². The summed E-state index contributed by atoms with van der Waals surface area (Å²) in [4.78, 5) is 12.7. The van der Waals surface area contributed by atoms with Gasteiger partial charge in [0.2, 0.25) is 6.79 Å². The fraction of sp³-hybridized carbons (Fsp3) is 0.381. The van der Waals surface area contributed by atoms with Crippen LogP contribution in [-0.2, 0) is 4.79 Å². The van der Waals surface area contributed by atoms with E-state index in [1.165, 1.54) is 0 Å². The summed E-state index contributed by atoms with van der Waals surface area (Å²) in [5, 5.41) is 11.0. The minimum atomic E-state index is -0.655. The van der Waals surface area contributed by atoms with Crippen LogP contribution in [0.4, 0.5) is 0 Å². The van der Waals surface area contributed by atoms with Gasteiger partial charge in [-0.25, -0.2) is 0 Å². The Kier molecular flexibility index (Phi) is 3.47. The molecule has 134 valence electrons. The second-order valence-corrected chi connectivity index (χ2v) is 7.23. The van der Waals surface area contributed by atoms with Crippen LogP contribution in [0, 0.1) is 11.8 Å². The Labute approximate surface area is 151 Å². The topological polar surface area (TPSA) is 65.0 Å². The molecule has 26 heavy (non-hydrogen) atoms. The normalized spacial score (nSPS) is 28.6. The summed E-state index contributed by atoms with van der Waals surface area (Å²) in [5.41, 5.74) is 2.83. The summed E-state index contributed by atoms with van der Waals surface area (Å²) in [5.74, 6) is 1.93. The lowest BCUT2D eigenvalue weighted by Gasteiger charge is -2.38. The average molecular weight is 352 g/mol. The van der Waals surface area contributed by atoms with E-state index in [2.05, 4.69) is 0 Å². The van der Waals surface area contributed by atoms with Gasteiger partial charge < -0.3 is 19.3 Å². The molecule has 0 aromatic heterocycles. The molecule has 1 fully saturated rings. The lowest BCUT2D eigenvalue weighted by atomic mass is 9.66. The summed E-state index contributed by atoms with van der Waals surface area (Å²) < 4.78 is 16.4. The maximum Gasteiger partial charge on any atom is 0.231 e. The Bertz CT molecular complexity index is 890. The first kappa shape index (κ1) is 15.7. The molecule has 2 aromatic carbocycles. The van der Waals surface area contributed by atoms with Gasteiger partial charge in [0.25, 0.3) is 0 Å². The van der Waals surface area contributed by atoms with E-state index in [4.69, 9.17) is 14.2 Å². The van der Waals surface area contributed by atoms with Crippen molar-refractivity contribution >= 4 is 5.78 Å². The zero-order valence-electron chi connectivity index (χ0n) is 14.5. The van der Waals surface area contributed by atoms with Crippen molar-refractivity contribution in [3.8, 4) is 17.2 Å². The first-order valence-corrected chi connectivity index (χ1v) is 8.95. The van der Waals surface area contributed by atoms with Crippen LogP contribution in [0.2, 0.25) is 0 Å². The Morgan fingerprint density at radius 3 is 2.65 bits per heavy atom. The number of aliphatic hydroxyl groups excluding tert-OH is 1. The van der Waals surface area contributed by atoms with Gasteiger partial charge in [-0.2, -0.15) is 0 Å². The molecular formula is C21H20O5. The summed E-state index contributed by atoms with van der Waals surface area (Å²) in [6, 6.07) is 11.7. The van der Waals surface area contributed by atoms with Crippen molar-refractivity contribution in [1.82, 2.24) is 0 Å². The highest BCUT2D eigenvalue weighted by Crippen LogP contribution is 2.56. The first-order valence-electron chi connectivity index (χ1n) is 8.95. The number of aliphatic hydroxyl groups is 1. The van der Waals surface area contributed by atoms with E-state index in [1.807, 2.05) is 36.4 Å². The van der Waals surface area contributed by atoms with Crippen molar-refractivity contribution in [2.45, 2.75) is 24.9 Å². The predicted octanol–water partition coefficient (Wildman–Crippen LogP) is 3.20.